The highest BCUT2D eigenvalue weighted by Crippen LogP contribution is 2.41. The van der Waals surface area contributed by atoms with E-state index in [0.717, 1.165) is 0 Å². The predicted molar refractivity (Wildman–Crippen MR) is 238 cm³/mol. The second kappa shape index (κ2) is 13.3. The molecule has 1 nitrogen and oxygen atoms in total. The summed E-state index contributed by atoms with van der Waals surface area (Å²) < 4.78 is 2.49. The SMILES string of the molecule is c1ccc(-c2ccc(C(c3ccc(-c4ccc5c(c4)c4ccc6ccccc6c4n5-c4cccc5ccccc45)cc3)c3ccc4ccccc4c3)cc2)cc1. The average molecular weight is 712 g/mol. The number of rotatable bonds is 6. The molecule has 0 N–H and O–H groups in total. The summed E-state index contributed by atoms with van der Waals surface area (Å²) in [7, 11) is 0. The number of nitrogens with zero attached hydrogens (tertiary/aromatic N) is 1. The molecule has 0 amide bonds. The summed E-state index contributed by atoms with van der Waals surface area (Å²) in [5, 5.41) is 10.0. The lowest BCUT2D eigenvalue weighted by Crippen LogP contribution is -2.03. The second-order valence-corrected chi connectivity index (χ2v) is 14.9. The molecular formula is C55H37N. The minimum atomic E-state index is 0.0907. The Labute approximate surface area is 326 Å². The van der Waals surface area contributed by atoms with Crippen molar-refractivity contribution in [1.82, 2.24) is 4.57 Å². The molecule has 0 aliphatic heterocycles. The van der Waals surface area contributed by atoms with Crippen LogP contribution in [0.3, 0.4) is 0 Å². The largest absolute Gasteiger partial charge is 0.308 e. The van der Waals surface area contributed by atoms with Crippen molar-refractivity contribution in [3.05, 3.63) is 235 Å². The molecule has 0 aliphatic carbocycles. The van der Waals surface area contributed by atoms with Gasteiger partial charge in [-0.1, -0.05) is 200 Å². The van der Waals surface area contributed by atoms with Gasteiger partial charge in [-0.15, -0.1) is 0 Å². The quantitative estimate of drug-likeness (QED) is 0.151. The van der Waals surface area contributed by atoms with E-state index in [9.17, 15) is 0 Å². The third kappa shape index (κ3) is 5.40. The van der Waals surface area contributed by atoms with Gasteiger partial charge in [0.2, 0.25) is 0 Å². The Morgan fingerprint density at radius 1 is 0.286 bits per heavy atom. The molecule has 1 unspecified atom stereocenters. The Kier molecular flexibility index (Phi) is 7.64. The van der Waals surface area contributed by atoms with Crippen molar-refractivity contribution >= 4 is 54.1 Å². The number of benzene rings is 10. The van der Waals surface area contributed by atoms with Crippen molar-refractivity contribution in [2.75, 3.05) is 0 Å². The topological polar surface area (TPSA) is 4.93 Å². The Morgan fingerprint density at radius 3 is 1.57 bits per heavy atom. The van der Waals surface area contributed by atoms with E-state index in [0.29, 0.717) is 0 Å². The molecule has 1 heteroatoms. The molecule has 0 aliphatic rings. The van der Waals surface area contributed by atoms with E-state index in [1.54, 1.807) is 0 Å². The van der Waals surface area contributed by atoms with Crippen molar-refractivity contribution in [3.63, 3.8) is 0 Å². The highest BCUT2D eigenvalue weighted by Gasteiger charge is 2.20. The first-order chi connectivity index (χ1) is 27.8. The molecule has 11 rings (SSSR count). The molecule has 0 radical (unpaired) electrons. The third-order valence-corrected chi connectivity index (χ3v) is 11.7. The molecule has 1 aromatic heterocycles. The summed E-state index contributed by atoms with van der Waals surface area (Å²) >= 11 is 0. The van der Waals surface area contributed by atoms with Gasteiger partial charge in [-0.3, -0.25) is 0 Å². The van der Waals surface area contributed by atoms with E-state index >= 15 is 0 Å². The summed E-state index contributed by atoms with van der Waals surface area (Å²) in [6.45, 7) is 0. The number of fused-ring (bicyclic) bond motifs is 7. The molecule has 11 aromatic rings. The molecule has 0 saturated carbocycles. The average Bonchev–Trinajstić information content (AvgIpc) is 3.61. The minimum absolute atomic E-state index is 0.0907. The number of hydrogen-bond donors (Lipinski definition) is 0. The van der Waals surface area contributed by atoms with Gasteiger partial charge in [-0.2, -0.15) is 0 Å². The maximum absolute atomic E-state index is 2.49. The van der Waals surface area contributed by atoms with Gasteiger partial charge in [-0.25, -0.2) is 0 Å². The Balaban J connectivity index is 1.04. The first kappa shape index (κ1) is 32.2. The van der Waals surface area contributed by atoms with E-state index in [2.05, 4.69) is 223 Å². The zero-order valence-electron chi connectivity index (χ0n) is 30.8. The molecule has 0 bridgehead atoms. The van der Waals surface area contributed by atoms with Gasteiger partial charge in [0.15, 0.2) is 0 Å². The first-order valence-corrected chi connectivity index (χ1v) is 19.5. The highest BCUT2D eigenvalue weighted by atomic mass is 15.0. The maximum Gasteiger partial charge on any atom is 0.0619 e. The van der Waals surface area contributed by atoms with E-state index in [1.807, 2.05) is 0 Å². The van der Waals surface area contributed by atoms with Crippen LogP contribution in [-0.2, 0) is 0 Å². The predicted octanol–water partition coefficient (Wildman–Crippen LogP) is 14.8. The smallest absolute Gasteiger partial charge is 0.0619 e. The molecular weight excluding hydrogens is 675 g/mol. The fraction of sp³-hybridized carbons (Fsp3) is 0.0182. The standard InChI is InChI=1S/C55H37N/c1-2-11-37(12-3-1)39-21-26-43(27-22-39)54(47-30-25-38-13-4-5-16-45(38)35-47)44-28-23-40(24-29-44)46-32-34-53-51(36-46)50-33-31-42-15-7-9-19-49(42)55(50)56(53)52-20-10-17-41-14-6-8-18-48(41)52/h1-36,54H. The van der Waals surface area contributed by atoms with Gasteiger partial charge < -0.3 is 4.57 Å². The maximum atomic E-state index is 2.49. The van der Waals surface area contributed by atoms with Gasteiger partial charge in [0.1, 0.15) is 0 Å². The second-order valence-electron chi connectivity index (χ2n) is 14.9. The van der Waals surface area contributed by atoms with Crippen LogP contribution in [0, 0.1) is 0 Å². The van der Waals surface area contributed by atoms with Crippen molar-refractivity contribution in [2.24, 2.45) is 0 Å². The van der Waals surface area contributed by atoms with Crippen molar-refractivity contribution < 1.29 is 0 Å². The van der Waals surface area contributed by atoms with Crippen LogP contribution in [0.15, 0.2) is 218 Å². The van der Waals surface area contributed by atoms with Crippen LogP contribution in [0.5, 0.6) is 0 Å². The number of aromatic nitrogens is 1. The molecule has 1 atom stereocenters. The highest BCUT2D eigenvalue weighted by molar-refractivity contribution is 6.20. The first-order valence-electron chi connectivity index (χ1n) is 19.5. The van der Waals surface area contributed by atoms with Crippen molar-refractivity contribution in [3.8, 4) is 27.9 Å². The van der Waals surface area contributed by atoms with Crippen LogP contribution in [0.4, 0.5) is 0 Å². The van der Waals surface area contributed by atoms with E-state index in [4.69, 9.17) is 0 Å². The van der Waals surface area contributed by atoms with Crippen molar-refractivity contribution in [1.29, 1.82) is 0 Å². The molecule has 56 heavy (non-hydrogen) atoms. The molecule has 10 aromatic carbocycles. The van der Waals surface area contributed by atoms with E-state index < -0.39 is 0 Å². The van der Waals surface area contributed by atoms with Crippen LogP contribution in [-0.4, -0.2) is 4.57 Å². The molecule has 262 valence electrons. The lowest BCUT2D eigenvalue weighted by molar-refractivity contribution is 0.981. The summed E-state index contributed by atoms with van der Waals surface area (Å²) in [5.74, 6) is 0.0907. The lowest BCUT2D eigenvalue weighted by Gasteiger charge is -2.20. The normalized spacial score (nSPS) is 12.2. The van der Waals surface area contributed by atoms with E-state index in [-0.39, 0.29) is 5.92 Å². The Morgan fingerprint density at radius 2 is 0.821 bits per heavy atom. The molecule has 1 heterocycles. The summed E-state index contributed by atoms with van der Waals surface area (Å²) in [6, 6.07) is 80.3. The van der Waals surface area contributed by atoms with Gasteiger partial charge in [0.25, 0.3) is 0 Å². The monoisotopic (exact) mass is 711 g/mol. The number of hydrogen-bond acceptors (Lipinski definition) is 0. The fourth-order valence-corrected chi connectivity index (χ4v) is 8.95. The van der Waals surface area contributed by atoms with Crippen LogP contribution in [0.1, 0.15) is 22.6 Å². The lowest BCUT2D eigenvalue weighted by atomic mass is 9.83. The van der Waals surface area contributed by atoms with Crippen LogP contribution in [0.2, 0.25) is 0 Å². The van der Waals surface area contributed by atoms with E-state index in [1.165, 1.54) is 98.8 Å². The molecule has 0 spiro atoms. The summed E-state index contributed by atoms with van der Waals surface area (Å²) in [6.07, 6.45) is 0. The minimum Gasteiger partial charge on any atom is -0.308 e. The fourth-order valence-electron chi connectivity index (χ4n) is 8.95. The van der Waals surface area contributed by atoms with Crippen LogP contribution >= 0.6 is 0 Å². The van der Waals surface area contributed by atoms with Gasteiger partial charge in [-0.05, 0) is 78.7 Å². The van der Waals surface area contributed by atoms with Crippen molar-refractivity contribution in [2.45, 2.75) is 5.92 Å². The zero-order valence-corrected chi connectivity index (χ0v) is 30.8. The Hall–Kier alpha value is -7.22. The van der Waals surface area contributed by atoms with Gasteiger partial charge in [0.05, 0.1) is 16.7 Å². The third-order valence-electron chi connectivity index (χ3n) is 11.7. The van der Waals surface area contributed by atoms with Gasteiger partial charge >= 0.3 is 0 Å². The molecule has 0 saturated heterocycles. The zero-order chi connectivity index (χ0) is 37.0. The van der Waals surface area contributed by atoms with Gasteiger partial charge in [0, 0.05) is 27.5 Å². The molecule has 0 fully saturated rings. The van der Waals surface area contributed by atoms with Crippen LogP contribution in [0.25, 0.3) is 82.1 Å². The Bertz CT molecular complexity index is 3220. The van der Waals surface area contributed by atoms with Crippen LogP contribution < -0.4 is 0 Å². The summed E-state index contributed by atoms with van der Waals surface area (Å²) in [4.78, 5) is 0. The summed E-state index contributed by atoms with van der Waals surface area (Å²) in [5.41, 5.74) is 12.4.